The molecule has 19 heavy (non-hydrogen) atoms. The first-order chi connectivity index (χ1) is 9.16. The van der Waals surface area contributed by atoms with Crippen LogP contribution in [0.3, 0.4) is 0 Å². The third-order valence-electron chi connectivity index (χ3n) is 4.05. The van der Waals surface area contributed by atoms with Gasteiger partial charge in [-0.1, -0.05) is 6.07 Å². The highest BCUT2D eigenvalue weighted by Gasteiger charge is 2.20. The Morgan fingerprint density at radius 1 is 1.37 bits per heavy atom. The van der Waals surface area contributed by atoms with Gasteiger partial charge in [0, 0.05) is 37.9 Å². The average Bonchev–Trinajstić information content (AvgIpc) is 2.46. The number of hydrogen-bond acceptors (Lipinski definition) is 4. The summed E-state index contributed by atoms with van der Waals surface area (Å²) in [6.07, 6.45) is 4.28. The Hall–Kier alpha value is -1.13. The summed E-state index contributed by atoms with van der Waals surface area (Å²) in [6.45, 7) is 5.54. The molecule has 1 aliphatic heterocycles. The van der Waals surface area contributed by atoms with Gasteiger partial charge in [0.05, 0.1) is 0 Å². The lowest BCUT2D eigenvalue weighted by atomic mass is 10.0. The highest BCUT2D eigenvalue weighted by Crippen LogP contribution is 2.17. The Labute approximate surface area is 116 Å². The molecule has 1 N–H and O–H groups in total. The summed E-state index contributed by atoms with van der Waals surface area (Å²) in [5.74, 6) is 1.11. The van der Waals surface area contributed by atoms with Crippen LogP contribution in [-0.2, 0) is 0 Å². The average molecular weight is 262 g/mol. The molecule has 0 bridgehead atoms. The monoisotopic (exact) mass is 262 g/mol. The van der Waals surface area contributed by atoms with Crippen molar-refractivity contribution in [2.45, 2.75) is 31.8 Å². The fraction of sp³-hybridized carbons (Fsp3) is 0.667. The van der Waals surface area contributed by atoms with Crippen LogP contribution in [0, 0.1) is 0 Å². The normalized spacial score (nSPS) is 18.8. The van der Waals surface area contributed by atoms with E-state index in [-0.39, 0.29) is 0 Å². The van der Waals surface area contributed by atoms with E-state index in [1.54, 1.807) is 0 Å². The van der Waals surface area contributed by atoms with E-state index in [9.17, 15) is 0 Å². The second-order valence-electron chi connectivity index (χ2n) is 5.67. The van der Waals surface area contributed by atoms with Crippen LogP contribution in [0.2, 0.25) is 0 Å². The molecule has 2 rings (SSSR count). The van der Waals surface area contributed by atoms with Crippen LogP contribution in [0.4, 0.5) is 5.82 Å². The molecule has 106 valence electrons. The third kappa shape index (κ3) is 4.18. The minimum atomic E-state index is 0.591. The first-order valence-electron chi connectivity index (χ1n) is 7.22. The zero-order valence-corrected chi connectivity index (χ0v) is 12.3. The number of aromatic nitrogens is 1. The topological polar surface area (TPSA) is 31.4 Å². The van der Waals surface area contributed by atoms with Crippen molar-refractivity contribution in [3.05, 3.63) is 24.4 Å². The number of rotatable bonds is 5. The molecule has 0 saturated carbocycles. The number of anilines is 1. The van der Waals surface area contributed by atoms with Gasteiger partial charge in [-0.2, -0.15) is 0 Å². The fourth-order valence-electron chi connectivity index (χ4n) is 2.37. The van der Waals surface area contributed by atoms with Gasteiger partial charge >= 0.3 is 0 Å². The summed E-state index contributed by atoms with van der Waals surface area (Å²) in [7, 11) is 4.27. The number of nitrogens with one attached hydrogen (secondary N) is 1. The molecule has 1 aromatic rings. The predicted octanol–water partition coefficient (Wildman–Crippen LogP) is 1.59. The number of hydrogen-bond donors (Lipinski definition) is 1. The lowest BCUT2D eigenvalue weighted by molar-refractivity contribution is 0.283. The molecule has 1 aromatic heterocycles. The number of pyridine rings is 1. The highest BCUT2D eigenvalue weighted by atomic mass is 15.2. The van der Waals surface area contributed by atoms with Crippen LogP contribution >= 0.6 is 0 Å². The molecule has 0 radical (unpaired) electrons. The molecule has 1 atom stereocenters. The van der Waals surface area contributed by atoms with E-state index in [1.807, 2.05) is 12.3 Å². The van der Waals surface area contributed by atoms with E-state index in [2.05, 4.69) is 53.3 Å². The first-order valence-corrected chi connectivity index (χ1v) is 7.22. The van der Waals surface area contributed by atoms with Crippen molar-refractivity contribution in [3.8, 4) is 0 Å². The molecule has 1 fully saturated rings. The Morgan fingerprint density at radius 3 is 2.68 bits per heavy atom. The predicted molar refractivity (Wildman–Crippen MR) is 80.6 cm³/mol. The molecule has 0 aromatic carbocycles. The Kier molecular flexibility index (Phi) is 5.16. The van der Waals surface area contributed by atoms with Crippen molar-refractivity contribution in [1.82, 2.24) is 15.2 Å². The summed E-state index contributed by atoms with van der Waals surface area (Å²) in [6, 6.07) is 7.38. The van der Waals surface area contributed by atoms with Gasteiger partial charge in [-0.3, -0.25) is 0 Å². The zero-order chi connectivity index (χ0) is 13.7. The Balaban J connectivity index is 1.74. The van der Waals surface area contributed by atoms with E-state index in [0.717, 1.165) is 25.5 Å². The Bertz CT molecular complexity index is 358. The standard InChI is InChI=1S/C15H26N4/c1-13(18(2)3)12-17-14-7-10-19(11-8-14)15-6-4-5-9-16-15/h4-6,9,13-14,17H,7-8,10-12H2,1-3H3. The summed E-state index contributed by atoms with van der Waals surface area (Å²) in [4.78, 5) is 9.07. The lowest BCUT2D eigenvalue weighted by Gasteiger charge is -2.34. The maximum Gasteiger partial charge on any atom is 0.128 e. The molecule has 0 aliphatic carbocycles. The molecule has 4 nitrogen and oxygen atoms in total. The zero-order valence-electron chi connectivity index (χ0n) is 12.3. The second-order valence-corrected chi connectivity index (χ2v) is 5.67. The van der Waals surface area contributed by atoms with Gasteiger partial charge in [0.1, 0.15) is 5.82 Å². The molecule has 0 spiro atoms. The summed E-state index contributed by atoms with van der Waals surface area (Å²) >= 11 is 0. The number of likely N-dealkylation sites (N-methyl/N-ethyl adjacent to an activating group) is 1. The van der Waals surface area contributed by atoms with Crippen molar-refractivity contribution < 1.29 is 0 Å². The van der Waals surface area contributed by atoms with E-state index in [4.69, 9.17) is 0 Å². The molecule has 0 amide bonds. The fourth-order valence-corrected chi connectivity index (χ4v) is 2.37. The SMILES string of the molecule is CC(CNC1CCN(c2ccccn2)CC1)N(C)C. The van der Waals surface area contributed by atoms with Gasteiger partial charge in [-0.25, -0.2) is 4.98 Å². The minimum absolute atomic E-state index is 0.591. The summed E-state index contributed by atoms with van der Waals surface area (Å²) in [5.41, 5.74) is 0. The van der Waals surface area contributed by atoms with E-state index >= 15 is 0 Å². The first kappa shape index (κ1) is 14.3. The van der Waals surface area contributed by atoms with E-state index in [0.29, 0.717) is 12.1 Å². The molecule has 1 saturated heterocycles. The molecule has 4 heteroatoms. The summed E-state index contributed by atoms with van der Waals surface area (Å²) in [5, 5.41) is 3.69. The minimum Gasteiger partial charge on any atom is -0.357 e. The molecule has 1 aliphatic rings. The molecular weight excluding hydrogens is 236 g/mol. The quantitative estimate of drug-likeness (QED) is 0.873. The van der Waals surface area contributed by atoms with Crippen LogP contribution in [0.15, 0.2) is 24.4 Å². The number of piperidine rings is 1. The van der Waals surface area contributed by atoms with Crippen LogP contribution in [0.1, 0.15) is 19.8 Å². The lowest BCUT2D eigenvalue weighted by Crippen LogP contribution is -2.46. The largest absolute Gasteiger partial charge is 0.357 e. The van der Waals surface area contributed by atoms with E-state index in [1.165, 1.54) is 12.8 Å². The molecule has 2 heterocycles. The second kappa shape index (κ2) is 6.87. The van der Waals surface area contributed by atoms with Crippen molar-refractivity contribution in [2.75, 3.05) is 38.6 Å². The van der Waals surface area contributed by atoms with Gasteiger partial charge < -0.3 is 15.1 Å². The highest BCUT2D eigenvalue weighted by molar-refractivity contribution is 5.38. The third-order valence-corrected chi connectivity index (χ3v) is 4.05. The maximum atomic E-state index is 4.42. The van der Waals surface area contributed by atoms with Crippen molar-refractivity contribution in [2.24, 2.45) is 0 Å². The number of nitrogens with zero attached hydrogens (tertiary/aromatic N) is 3. The van der Waals surface area contributed by atoms with Crippen LogP contribution in [-0.4, -0.2) is 55.7 Å². The molecular formula is C15H26N4. The van der Waals surface area contributed by atoms with Crippen molar-refractivity contribution in [1.29, 1.82) is 0 Å². The van der Waals surface area contributed by atoms with Gasteiger partial charge in [-0.05, 0) is 46.0 Å². The van der Waals surface area contributed by atoms with Crippen molar-refractivity contribution >= 4 is 5.82 Å². The summed E-state index contributed by atoms with van der Waals surface area (Å²) < 4.78 is 0. The van der Waals surface area contributed by atoms with Crippen LogP contribution < -0.4 is 10.2 Å². The van der Waals surface area contributed by atoms with Gasteiger partial charge in [0.25, 0.3) is 0 Å². The Morgan fingerprint density at radius 2 is 2.11 bits per heavy atom. The maximum absolute atomic E-state index is 4.42. The van der Waals surface area contributed by atoms with Gasteiger partial charge in [-0.15, -0.1) is 0 Å². The van der Waals surface area contributed by atoms with Gasteiger partial charge in [0.15, 0.2) is 0 Å². The van der Waals surface area contributed by atoms with Crippen molar-refractivity contribution in [3.63, 3.8) is 0 Å². The van der Waals surface area contributed by atoms with Gasteiger partial charge in [0.2, 0.25) is 0 Å². The smallest absolute Gasteiger partial charge is 0.128 e. The van der Waals surface area contributed by atoms with Crippen LogP contribution in [0.25, 0.3) is 0 Å². The van der Waals surface area contributed by atoms with E-state index < -0.39 is 0 Å². The molecule has 1 unspecified atom stereocenters. The van der Waals surface area contributed by atoms with Crippen LogP contribution in [0.5, 0.6) is 0 Å².